The minimum absolute atomic E-state index is 0.345. The molecule has 1 fully saturated rings. The summed E-state index contributed by atoms with van der Waals surface area (Å²) in [6.07, 6.45) is 4.42. The van der Waals surface area contributed by atoms with Gasteiger partial charge >= 0.3 is 0 Å². The number of halogens is 1. The molecule has 1 N–H and O–H groups in total. The van der Waals surface area contributed by atoms with Crippen molar-refractivity contribution >= 4 is 15.9 Å². The molecule has 16 heavy (non-hydrogen) atoms. The van der Waals surface area contributed by atoms with Crippen LogP contribution in [0.5, 0.6) is 5.75 Å². The van der Waals surface area contributed by atoms with Crippen molar-refractivity contribution < 1.29 is 9.84 Å². The maximum absolute atomic E-state index is 10.3. The van der Waals surface area contributed by atoms with Gasteiger partial charge in [0.15, 0.2) is 0 Å². The molecule has 0 heterocycles. The third-order valence-electron chi connectivity index (χ3n) is 3.37. The SMILES string of the molecule is COc1ccc(C(O)C2CCCC2)c(Br)c1. The van der Waals surface area contributed by atoms with Crippen molar-refractivity contribution in [1.29, 1.82) is 0 Å². The van der Waals surface area contributed by atoms with E-state index in [1.807, 2.05) is 18.2 Å². The fourth-order valence-corrected chi connectivity index (χ4v) is 2.99. The molecule has 1 unspecified atom stereocenters. The van der Waals surface area contributed by atoms with E-state index in [-0.39, 0.29) is 6.10 Å². The molecule has 1 aromatic rings. The van der Waals surface area contributed by atoms with Crippen molar-refractivity contribution in [2.75, 3.05) is 7.11 Å². The van der Waals surface area contributed by atoms with Gasteiger partial charge in [0.2, 0.25) is 0 Å². The summed E-state index contributed by atoms with van der Waals surface area (Å²) in [6, 6.07) is 5.76. The van der Waals surface area contributed by atoms with Crippen LogP contribution in [0.3, 0.4) is 0 Å². The van der Waals surface area contributed by atoms with Gasteiger partial charge in [-0.3, -0.25) is 0 Å². The number of benzene rings is 1. The van der Waals surface area contributed by atoms with Crippen molar-refractivity contribution in [3.8, 4) is 5.75 Å². The molecular formula is C13H17BrO2. The summed E-state index contributed by atoms with van der Waals surface area (Å²) < 4.78 is 6.08. The lowest BCUT2D eigenvalue weighted by Gasteiger charge is -2.19. The molecule has 2 nitrogen and oxygen atoms in total. The molecule has 0 aliphatic heterocycles. The zero-order chi connectivity index (χ0) is 11.5. The minimum atomic E-state index is -0.345. The number of hydrogen-bond donors (Lipinski definition) is 1. The van der Waals surface area contributed by atoms with E-state index < -0.39 is 0 Å². The van der Waals surface area contributed by atoms with Crippen LogP contribution in [0.15, 0.2) is 22.7 Å². The lowest BCUT2D eigenvalue weighted by Crippen LogP contribution is -2.09. The standard InChI is InChI=1S/C13H17BrO2/c1-16-10-6-7-11(12(14)8-10)13(15)9-4-2-3-5-9/h6-9,13,15H,2-5H2,1H3. The number of aliphatic hydroxyl groups excluding tert-OH is 1. The normalized spacial score (nSPS) is 18.7. The monoisotopic (exact) mass is 284 g/mol. The second-order valence-corrected chi connectivity index (χ2v) is 5.23. The Bertz CT molecular complexity index is 359. The van der Waals surface area contributed by atoms with Gasteiger partial charge in [0.25, 0.3) is 0 Å². The van der Waals surface area contributed by atoms with Gasteiger partial charge in [0.05, 0.1) is 13.2 Å². The average Bonchev–Trinajstić information content (AvgIpc) is 2.81. The molecule has 1 aromatic carbocycles. The van der Waals surface area contributed by atoms with Gasteiger partial charge in [-0.25, -0.2) is 0 Å². The summed E-state index contributed by atoms with van der Waals surface area (Å²) in [4.78, 5) is 0. The first kappa shape index (κ1) is 11.9. The van der Waals surface area contributed by atoms with Gasteiger partial charge in [-0.2, -0.15) is 0 Å². The Morgan fingerprint density at radius 2 is 2.06 bits per heavy atom. The lowest BCUT2D eigenvalue weighted by atomic mass is 9.94. The molecule has 88 valence electrons. The fraction of sp³-hybridized carbons (Fsp3) is 0.538. The van der Waals surface area contributed by atoms with Crippen LogP contribution < -0.4 is 4.74 Å². The van der Waals surface area contributed by atoms with E-state index in [9.17, 15) is 5.11 Å². The molecule has 0 saturated heterocycles. The van der Waals surface area contributed by atoms with E-state index >= 15 is 0 Å². The highest BCUT2D eigenvalue weighted by molar-refractivity contribution is 9.10. The summed E-state index contributed by atoms with van der Waals surface area (Å²) in [5, 5.41) is 10.3. The van der Waals surface area contributed by atoms with E-state index in [0.29, 0.717) is 5.92 Å². The van der Waals surface area contributed by atoms with Crippen molar-refractivity contribution in [2.45, 2.75) is 31.8 Å². The van der Waals surface area contributed by atoms with Gasteiger partial charge in [-0.15, -0.1) is 0 Å². The van der Waals surface area contributed by atoms with E-state index in [0.717, 1.165) is 28.6 Å². The fourth-order valence-electron chi connectivity index (χ4n) is 2.40. The number of hydrogen-bond acceptors (Lipinski definition) is 2. The van der Waals surface area contributed by atoms with E-state index in [2.05, 4.69) is 15.9 Å². The minimum Gasteiger partial charge on any atom is -0.497 e. The first-order valence-corrected chi connectivity index (χ1v) is 6.53. The Hall–Kier alpha value is -0.540. The molecule has 0 radical (unpaired) electrons. The summed E-state index contributed by atoms with van der Waals surface area (Å²) in [6.45, 7) is 0. The summed E-state index contributed by atoms with van der Waals surface area (Å²) in [7, 11) is 1.65. The Balaban J connectivity index is 2.19. The Morgan fingerprint density at radius 1 is 1.38 bits per heavy atom. The molecular weight excluding hydrogens is 268 g/mol. The van der Waals surface area contributed by atoms with Crippen molar-refractivity contribution in [1.82, 2.24) is 0 Å². The van der Waals surface area contributed by atoms with E-state index in [4.69, 9.17) is 4.74 Å². The molecule has 1 saturated carbocycles. The Kier molecular flexibility index (Phi) is 3.87. The Morgan fingerprint density at radius 3 is 2.62 bits per heavy atom. The van der Waals surface area contributed by atoms with Gasteiger partial charge in [-0.1, -0.05) is 34.8 Å². The maximum atomic E-state index is 10.3. The highest BCUT2D eigenvalue weighted by Gasteiger charge is 2.25. The largest absolute Gasteiger partial charge is 0.497 e. The van der Waals surface area contributed by atoms with Crippen LogP contribution in [0, 0.1) is 5.92 Å². The maximum Gasteiger partial charge on any atom is 0.120 e. The van der Waals surface area contributed by atoms with Crippen LogP contribution in [0.4, 0.5) is 0 Å². The predicted octanol–water partition coefficient (Wildman–Crippen LogP) is 3.68. The van der Waals surface area contributed by atoms with Crippen molar-refractivity contribution in [3.05, 3.63) is 28.2 Å². The smallest absolute Gasteiger partial charge is 0.120 e. The third kappa shape index (κ3) is 2.41. The molecule has 0 bridgehead atoms. The van der Waals surface area contributed by atoms with E-state index in [1.165, 1.54) is 12.8 Å². The quantitative estimate of drug-likeness (QED) is 0.918. The second-order valence-electron chi connectivity index (χ2n) is 4.38. The first-order valence-electron chi connectivity index (χ1n) is 5.74. The van der Waals surface area contributed by atoms with E-state index in [1.54, 1.807) is 7.11 Å². The van der Waals surface area contributed by atoms with Crippen molar-refractivity contribution in [3.63, 3.8) is 0 Å². The summed E-state index contributed by atoms with van der Waals surface area (Å²) in [5.74, 6) is 1.24. The Labute approximate surface area is 105 Å². The second kappa shape index (κ2) is 5.19. The highest BCUT2D eigenvalue weighted by atomic mass is 79.9. The molecule has 1 aliphatic carbocycles. The van der Waals surface area contributed by atoms with Crippen molar-refractivity contribution in [2.24, 2.45) is 5.92 Å². The molecule has 1 aliphatic rings. The zero-order valence-electron chi connectivity index (χ0n) is 9.45. The molecule has 2 rings (SSSR count). The first-order chi connectivity index (χ1) is 7.72. The topological polar surface area (TPSA) is 29.5 Å². The lowest BCUT2D eigenvalue weighted by molar-refractivity contribution is 0.111. The van der Waals surface area contributed by atoms with Crippen LogP contribution in [-0.2, 0) is 0 Å². The van der Waals surface area contributed by atoms with Crippen LogP contribution >= 0.6 is 15.9 Å². The average molecular weight is 285 g/mol. The zero-order valence-corrected chi connectivity index (χ0v) is 11.0. The highest BCUT2D eigenvalue weighted by Crippen LogP contribution is 2.38. The van der Waals surface area contributed by atoms with Crippen LogP contribution in [-0.4, -0.2) is 12.2 Å². The number of ether oxygens (including phenoxy) is 1. The third-order valence-corrected chi connectivity index (χ3v) is 4.06. The molecule has 0 aromatic heterocycles. The van der Waals surface area contributed by atoms with Crippen LogP contribution in [0.25, 0.3) is 0 Å². The predicted molar refractivity (Wildman–Crippen MR) is 67.6 cm³/mol. The van der Waals surface area contributed by atoms with Crippen LogP contribution in [0.1, 0.15) is 37.4 Å². The van der Waals surface area contributed by atoms with Gasteiger partial charge < -0.3 is 9.84 Å². The van der Waals surface area contributed by atoms with Gasteiger partial charge in [0.1, 0.15) is 5.75 Å². The summed E-state index contributed by atoms with van der Waals surface area (Å²) >= 11 is 3.50. The molecule has 0 amide bonds. The number of rotatable bonds is 3. The summed E-state index contributed by atoms with van der Waals surface area (Å²) in [5.41, 5.74) is 0.979. The van der Waals surface area contributed by atoms with Gasteiger partial charge in [0, 0.05) is 4.47 Å². The molecule has 3 heteroatoms. The molecule has 1 atom stereocenters. The number of methoxy groups -OCH3 is 1. The van der Waals surface area contributed by atoms with Gasteiger partial charge in [-0.05, 0) is 36.5 Å². The number of aliphatic hydroxyl groups is 1. The van der Waals surface area contributed by atoms with Crippen LogP contribution in [0.2, 0.25) is 0 Å². The molecule has 0 spiro atoms.